The molecule has 5 heteroatoms. The smallest absolute Gasteiger partial charge is 0.316 e. The van der Waals surface area contributed by atoms with Gasteiger partial charge in [0.05, 0.1) is 14.2 Å². The monoisotopic (exact) mass is 252 g/mol. The van der Waals surface area contributed by atoms with Crippen LogP contribution in [-0.2, 0) is 6.42 Å². The highest BCUT2D eigenvalue weighted by Crippen LogP contribution is 2.24. The van der Waals surface area contributed by atoms with E-state index in [0.29, 0.717) is 6.54 Å². The van der Waals surface area contributed by atoms with Crippen molar-refractivity contribution in [3.05, 3.63) is 23.8 Å². The molecule has 0 spiro atoms. The number of carbonyl (C=O) groups is 1. The Balaban J connectivity index is 2.69. The van der Waals surface area contributed by atoms with Crippen molar-refractivity contribution >= 4 is 6.03 Å². The van der Waals surface area contributed by atoms with E-state index in [1.165, 1.54) is 0 Å². The fraction of sp³-hybridized carbons (Fsp3) is 0.462. The van der Waals surface area contributed by atoms with Crippen molar-refractivity contribution in [1.82, 2.24) is 10.2 Å². The number of hydrogen-bond acceptors (Lipinski definition) is 3. The van der Waals surface area contributed by atoms with Crippen LogP contribution in [0.5, 0.6) is 11.5 Å². The average Bonchev–Trinajstić information content (AvgIpc) is 2.43. The van der Waals surface area contributed by atoms with Crippen LogP contribution >= 0.6 is 0 Å². The number of hydrogen-bond donors (Lipinski definition) is 1. The van der Waals surface area contributed by atoms with Gasteiger partial charge in [0.25, 0.3) is 0 Å². The first-order valence-electron chi connectivity index (χ1n) is 5.76. The molecular weight excluding hydrogens is 232 g/mol. The van der Waals surface area contributed by atoms with Crippen molar-refractivity contribution in [2.45, 2.75) is 6.42 Å². The molecule has 0 aliphatic heterocycles. The van der Waals surface area contributed by atoms with Gasteiger partial charge in [0.15, 0.2) is 0 Å². The fourth-order valence-corrected chi connectivity index (χ4v) is 1.64. The van der Waals surface area contributed by atoms with Crippen LogP contribution in [-0.4, -0.2) is 45.8 Å². The van der Waals surface area contributed by atoms with E-state index in [1.54, 1.807) is 33.2 Å². The zero-order valence-electron chi connectivity index (χ0n) is 11.3. The third-order valence-electron chi connectivity index (χ3n) is 2.77. The summed E-state index contributed by atoms with van der Waals surface area (Å²) in [5.41, 5.74) is 1.05. The molecule has 1 rings (SSSR count). The van der Waals surface area contributed by atoms with Crippen LogP contribution in [0.25, 0.3) is 0 Å². The number of methoxy groups -OCH3 is 2. The van der Waals surface area contributed by atoms with Crippen molar-refractivity contribution in [2.24, 2.45) is 0 Å². The molecule has 5 nitrogen and oxygen atoms in total. The van der Waals surface area contributed by atoms with Gasteiger partial charge in [-0.05, 0) is 18.1 Å². The van der Waals surface area contributed by atoms with Crippen molar-refractivity contribution < 1.29 is 14.3 Å². The second kappa shape index (κ2) is 6.74. The fourth-order valence-electron chi connectivity index (χ4n) is 1.64. The van der Waals surface area contributed by atoms with Crippen LogP contribution in [0.15, 0.2) is 18.2 Å². The lowest BCUT2D eigenvalue weighted by Crippen LogP contribution is -2.36. The molecular formula is C13H20N2O3. The number of ether oxygens (including phenoxy) is 2. The highest BCUT2D eigenvalue weighted by molar-refractivity contribution is 5.73. The van der Waals surface area contributed by atoms with Gasteiger partial charge < -0.3 is 19.7 Å². The summed E-state index contributed by atoms with van der Waals surface area (Å²) in [6, 6.07) is 5.59. The van der Waals surface area contributed by atoms with Crippen molar-refractivity contribution in [3.63, 3.8) is 0 Å². The Labute approximate surface area is 108 Å². The summed E-state index contributed by atoms with van der Waals surface area (Å²) in [5.74, 6) is 1.54. The van der Waals surface area contributed by atoms with Gasteiger partial charge in [-0.2, -0.15) is 0 Å². The minimum absolute atomic E-state index is 0.0949. The summed E-state index contributed by atoms with van der Waals surface area (Å²) in [6.45, 7) is 0.627. The van der Waals surface area contributed by atoms with Gasteiger partial charge in [0.2, 0.25) is 0 Å². The highest BCUT2D eigenvalue weighted by Gasteiger charge is 2.09. The Hall–Kier alpha value is -1.91. The molecule has 100 valence electrons. The maximum absolute atomic E-state index is 11.4. The molecule has 0 saturated carbocycles. The van der Waals surface area contributed by atoms with E-state index in [0.717, 1.165) is 23.5 Å². The number of nitrogens with zero attached hydrogens (tertiary/aromatic N) is 1. The third-order valence-corrected chi connectivity index (χ3v) is 2.77. The average molecular weight is 252 g/mol. The summed E-state index contributed by atoms with van der Waals surface area (Å²) in [7, 11) is 6.62. The van der Waals surface area contributed by atoms with E-state index in [9.17, 15) is 4.79 Å². The second-order valence-electron chi connectivity index (χ2n) is 3.90. The predicted octanol–water partition coefficient (Wildman–Crippen LogP) is 1.52. The van der Waals surface area contributed by atoms with E-state index < -0.39 is 0 Å². The molecule has 0 unspecified atom stereocenters. The van der Waals surface area contributed by atoms with Gasteiger partial charge in [-0.3, -0.25) is 0 Å². The van der Waals surface area contributed by atoms with E-state index in [4.69, 9.17) is 9.47 Å². The largest absolute Gasteiger partial charge is 0.497 e. The first kappa shape index (κ1) is 14.2. The predicted molar refractivity (Wildman–Crippen MR) is 70.3 cm³/mol. The first-order chi connectivity index (χ1) is 8.62. The van der Waals surface area contributed by atoms with Crippen LogP contribution in [0.1, 0.15) is 5.56 Å². The van der Waals surface area contributed by atoms with Crippen LogP contribution in [0.2, 0.25) is 0 Å². The van der Waals surface area contributed by atoms with Gasteiger partial charge in [0.1, 0.15) is 11.5 Å². The minimum atomic E-state index is -0.0949. The SMILES string of the molecule is CNC(=O)N(C)CCc1ccc(OC)cc1OC. The molecule has 2 amide bonds. The zero-order chi connectivity index (χ0) is 13.5. The maximum atomic E-state index is 11.4. The van der Waals surface area contributed by atoms with E-state index in [-0.39, 0.29) is 6.03 Å². The first-order valence-corrected chi connectivity index (χ1v) is 5.76. The maximum Gasteiger partial charge on any atom is 0.316 e. The molecule has 0 aliphatic rings. The third kappa shape index (κ3) is 3.55. The lowest BCUT2D eigenvalue weighted by Gasteiger charge is -2.17. The summed E-state index contributed by atoms with van der Waals surface area (Å²) < 4.78 is 10.4. The number of urea groups is 1. The van der Waals surface area contributed by atoms with E-state index >= 15 is 0 Å². The molecule has 0 atom stereocenters. The Morgan fingerprint density at radius 2 is 2.06 bits per heavy atom. The van der Waals surface area contributed by atoms with Crippen molar-refractivity contribution in [2.75, 3.05) is 34.9 Å². The van der Waals surface area contributed by atoms with Crippen molar-refractivity contribution in [1.29, 1.82) is 0 Å². The van der Waals surface area contributed by atoms with E-state index in [1.807, 2.05) is 18.2 Å². The topological polar surface area (TPSA) is 50.8 Å². The van der Waals surface area contributed by atoms with Gasteiger partial charge in [-0.1, -0.05) is 6.07 Å². The Morgan fingerprint density at radius 3 is 2.61 bits per heavy atom. The molecule has 0 aliphatic carbocycles. The van der Waals surface area contributed by atoms with Gasteiger partial charge >= 0.3 is 6.03 Å². The number of carbonyl (C=O) groups excluding carboxylic acids is 1. The van der Waals surface area contributed by atoms with Crippen LogP contribution < -0.4 is 14.8 Å². The van der Waals surface area contributed by atoms with Crippen LogP contribution in [0.4, 0.5) is 4.79 Å². The molecule has 0 bridgehead atoms. The Morgan fingerprint density at radius 1 is 1.33 bits per heavy atom. The number of amides is 2. The second-order valence-corrected chi connectivity index (χ2v) is 3.90. The molecule has 0 heterocycles. The molecule has 1 aromatic carbocycles. The molecule has 0 aromatic heterocycles. The van der Waals surface area contributed by atoms with Gasteiger partial charge in [-0.25, -0.2) is 4.79 Å². The zero-order valence-corrected chi connectivity index (χ0v) is 11.3. The molecule has 1 aromatic rings. The normalized spacial score (nSPS) is 9.78. The molecule has 0 fully saturated rings. The molecule has 18 heavy (non-hydrogen) atoms. The van der Waals surface area contributed by atoms with Crippen LogP contribution in [0.3, 0.4) is 0 Å². The number of nitrogens with one attached hydrogen (secondary N) is 1. The quantitative estimate of drug-likeness (QED) is 0.864. The minimum Gasteiger partial charge on any atom is -0.497 e. The molecule has 0 saturated heterocycles. The van der Waals surface area contributed by atoms with Crippen LogP contribution in [0, 0.1) is 0 Å². The van der Waals surface area contributed by atoms with Gasteiger partial charge in [0, 0.05) is 26.7 Å². The Bertz CT molecular complexity index is 407. The summed E-state index contributed by atoms with van der Waals surface area (Å²) >= 11 is 0. The lowest BCUT2D eigenvalue weighted by atomic mass is 10.1. The lowest BCUT2D eigenvalue weighted by molar-refractivity contribution is 0.211. The molecule has 1 N–H and O–H groups in total. The van der Waals surface area contributed by atoms with Crippen molar-refractivity contribution in [3.8, 4) is 11.5 Å². The molecule has 0 radical (unpaired) electrons. The number of likely N-dealkylation sites (N-methyl/N-ethyl adjacent to an activating group) is 1. The number of rotatable bonds is 5. The number of benzene rings is 1. The Kier molecular flexibility index (Phi) is 5.30. The summed E-state index contributed by atoms with van der Waals surface area (Å²) in [4.78, 5) is 13.0. The highest BCUT2D eigenvalue weighted by atomic mass is 16.5. The summed E-state index contributed by atoms with van der Waals surface area (Å²) in [6.07, 6.45) is 0.733. The standard InChI is InChI=1S/C13H20N2O3/c1-14-13(16)15(2)8-7-10-5-6-11(17-3)9-12(10)18-4/h5-6,9H,7-8H2,1-4H3,(H,14,16). The summed E-state index contributed by atoms with van der Waals surface area (Å²) in [5, 5.41) is 2.58. The van der Waals surface area contributed by atoms with Gasteiger partial charge in [-0.15, -0.1) is 0 Å². The van der Waals surface area contributed by atoms with E-state index in [2.05, 4.69) is 5.32 Å².